The number of aromatic nitrogens is 2. The highest BCUT2D eigenvalue weighted by Crippen LogP contribution is 2.26. The van der Waals surface area contributed by atoms with Gasteiger partial charge >= 0.3 is 0 Å². The first-order valence-corrected chi connectivity index (χ1v) is 6.79. The molecule has 0 amide bonds. The summed E-state index contributed by atoms with van der Waals surface area (Å²) >= 11 is 0. The molecule has 0 bridgehead atoms. The number of aliphatic hydroxyl groups is 1. The fourth-order valence-corrected chi connectivity index (χ4v) is 2.48. The summed E-state index contributed by atoms with van der Waals surface area (Å²) in [5.74, 6) is 0.651. The van der Waals surface area contributed by atoms with E-state index in [2.05, 4.69) is 34.7 Å². The Morgan fingerprint density at radius 1 is 1.26 bits per heavy atom. The van der Waals surface area contributed by atoms with Crippen LogP contribution in [-0.4, -0.2) is 27.5 Å². The fourth-order valence-electron chi connectivity index (χ4n) is 2.48. The molecular formula is C15H19N3O. The largest absolute Gasteiger partial charge is 0.393 e. The third-order valence-electron chi connectivity index (χ3n) is 3.68. The van der Waals surface area contributed by atoms with Crippen LogP contribution in [0.3, 0.4) is 0 Å². The molecule has 1 aliphatic rings. The molecule has 19 heavy (non-hydrogen) atoms. The van der Waals surface area contributed by atoms with Gasteiger partial charge in [0.15, 0.2) is 0 Å². The summed E-state index contributed by atoms with van der Waals surface area (Å²) in [5, 5.41) is 16.9. The van der Waals surface area contributed by atoms with Crippen molar-refractivity contribution in [1.82, 2.24) is 15.1 Å². The van der Waals surface area contributed by atoms with Gasteiger partial charge < -0.3 is 10.4 Å². The third-order valence-corrected chi connectivity index (χ3v) is 3.68. The fraction of sp³-hybridized carbons (Fsp3) is 0.400. The number of benzene rings is 1. The Morgan fingerprint density at radius 2 is 2.05 bits per heavy atom. The van der Waals surface area contributed by atoms with E-state index in [1.165, 1.54) is 5.56 Å². The highest BCUT2D eigenvalue weighted by atomic mass is 16.3. The van der Waals surface area contributed by atoms with Gasteiger partial charge in [0, 0.05) is 18.9 Å². The lowest BCUT2D eigenvalue weighted by atomic mass is 9.82. The van der Waals surface area contributed by atoms with E-state index < -0.39 is 0 Å². The van der Waals surface area contributed by atoms with Crippen LogP contribution in [0, 0.1) is 5.92 Å². The SMILES string of the molecule is OC1CC(CNCc2ccc(-n3cccn3)cc2)C1. The molecule has 1 aliphatic carbocycles. The minimum atomic E-state index is -0.0554. The van der Waals surface area contributed by atoms with E-state index in [1.807, 2.05) is 16.9 Å². The minimum absolute atomic E-state index is 0.0554. The van der Waals surface area contributed by atoms with Crippen LogP contribution in [0.4, 0.5) is 0 Å². The van der Waals surface area contributed by atoms with Crippen molar-refractivity contribution in [2.75, 3.05) is 6.54 Å². The van der Waals surface area contributed by atoms with Gasteiger partial charge in [-0.2, -0.15) is 5.10 Å². The summed E-state index contributed by atoms with van der Waals surface area (Å²) in [6.45, 7) is 1.88. The Morgan fingerprint density at radius 3 is 2.68 bits per heavy atom. The van der Waals surface area contributed by atoms with Crippen molar-refractivity contribution >= 4 is 0 Å². The molecule has 2 N–H and O–H groups in total. The molecule has 1 aromatic carbocycles. The molecule has 3 rings (SSSR count). The summed E-state index contributed by atoms with van der Waals surface area (Å²) in [4.78, 5) is 0. The molecule has 0 atom stereocenters. The molecule has 0 spiro atoms. The lowest BCUT2D eigenvalue weighted by molar-refractivity contribution is 0.0430. The van der Waals surface area contributed by atoms with Gasteiger partial charge in [0.1, 0.15) is 0 Å². The molecule has 1 heterocycles. The molecule has 0 saturated heterocycles. The standard InChI is InChI=1S/C15H19N3O/c19-15-8-13(9-15)11-16-10-12-2-4-14(5-3-12)18-7-1-6-17-18/h1-7,13,15-16,19H,8-11H2. The Labute approximate surface area is 113 Å². The Bertz CT molecular complexity index is 501. The first-order valence-electron chi connectivity index (χ1n) is 6.79. The van der Waals surface area contributed by atoms with Crippen LogP contribution in [0.15, 0.2) is 42.7 Å². The van der Waals surface area contributed by atoms with Gasteiger partial charge in [0.05, 0.1) is 11.8 Å². The molecule has 0 radical (unpaired) electrons. The van der Waals surface area contributed by atoms with Crippen molar-refractivity contribution in [2.24, 2.45) is 5.92 Å². The van der Waals surface area contributed by atoms with Crippen molar-refractivity contribution in [3.8, 4) is 5.69 Å². The normalized spacial score (nSPS) is 22.2. The van der Waals surface area contributed by atoms with Crippen molar-refractivity contribution in [2.45, 2.75) is 25.5 Å². The van der Waals surface area contributed by atoms with Crippen molar-refractivity contribution in [1.29, 1.82) is 0 Å². The van der Waals surface area contributed by atoms with Crippen LogP contribution < -0.4 is 5.32 Å². The molecule has 2 aromatic rings. The van der Waals surface area contributed by atoms with Crippen LogP contribution in [0.5, 0.6) is 0 Å². The second-order valence-electron chi connectivity index (χ2n) is 5.24. The second kappa shape index (κ2) is 5.55. The number of hydrogen-bond donors (Lipinski definition) is 2. The quantitative estimate of drug-likeness (QED) is 0.857. The first kappa shape index (κ1) is 12.4. The predicted molar refractivity (Wildman–Crippen MR) is 74.0 cm³/mol. The van der Waals surface area contributed by atoms with Crippen LogP contribution in [0.2, 0.25) is 0 Å². The van der Waals surface area contributed by atoms with Crippen LogP contribution in [-0.2, 0) is 6.54 Å². The van der Waals surface area contributed by atoms with Gasteiger partial charge in [-0.1, -0.05) is 12.1 Å². The van der Waals surface area contributed by atoms with E-state index >= 15 is 0 Å². The molecule has 1 saturated carbocycles. The Balaban J connectivity index is 1.49. The van der Waals surface area contributed by atoms with E-state index in [0.29, 0.717) is 5.92 Å². The van der Waals surface area contributed by atoms with Crippen molar-refractivity contribution < 1.29 is 5.11 Å². The molecule has 1 aromatic heterocycles. The number of hydrogen-bond acceptors (Lipinski definition) is 3. The lowest BCUT2D eigenvalue weighted by Gasteiger charge is -2.31. The second-order valence-corrected chi connectivity index (χ2v) is 5.24. The maximum Gasteiger partial charge on any atom is 0.0645 e. The summed E-state index contributed by atoms with van der Waals surface area (Å²) in [6.07, 6.45) is 5.56. The highest BCUT2D eigenvalue weighted by Gasteiger charge is 2.26. The van der Waals surface area contributed by atoms with Gasteiger partial charge in [-0.25, -0.2) is 4.68 Å². The third kappa shape index (κ3) is 3.03. The predicted octanol–water partition coefficient (Wildman–Crippen LogP) is 1.73. The summed E-state index contributed by atoms with van der Waals surface area (Å²) in [7, 11) is 0. The van der Waals surface area contributed by atoms with Crippen molar-refractivity contribution in [3.63, 3.8) is 0 Å². The summed E-state index contributed by atoms with van der Waals surface area (Å²) in [5.41, 5.74) is 2.35. The zero-order valence-corrected chi connectivity index (χ0v) is 10.9. The minimum Gasteiger partial charge on any atom is -0.393 e. The number of nitrogens with zero attached hydrogens (tertiary/aromatic N) is 2. The van der Waals surface area contributed by atoms with Gasteiger partial charge in [0.2, 0.25) is 0 Å². The monoisotopic (exact) mass is 257 g/mol. The molecular weight excluding hydrogens is 238 g/mol. The van der Waals surface area contributed by atoms with Gasteiger partial charge in [-0.05, 0) is 49.1 Å². The van der Waals surface area contributed by atoms with E-state index in [4.69, 9.17) is 0 Å². The number of rotatable bonds is 5. The van der Waals surface area contributed by atoms with Gasteiger partial charge in [0.25, 0.3) is 0 Å². The van der Waals surface area contributed by atoms with Crippen LogP contribution in [0.25, 0.3) is 5.69 Å². The molecule has 0 aliphatic heterocycles. The van der Waals surface area contributed by atoms with Gasteiger partial charge in [-0.3, -0.25) is 0 Å². The number of aliphatic hydroxyl groups excluding tert-OH is 1. The lowest BCUT2D eigenvalue weighted by Crippen LogP contribution is -2.35. The van der Waals surface area contributed by atoms with Gasteiger partial charge in [-0.15, -0.1) is 0 Å². The maximum atomic E-state index is 9.22. The van der Waals surface area contributed by atoms with E-state index in [-0.39, 0.29) is 6.10 Å². The zero-order valence-electron chi connectivity index (χ0n) is 10.9. The molecule has 100 valence electrons. The van der Waals surface area contributed by atoms with E-state index in [9.17, 15) is 5.11 Å². The van der Waals surface area contributed by atoms with E-state index in [1.54, 1.807) is 6.20 Å². The Hall–Kier alpha value is -1.65. The molecule has 4 heteroatoms. The van der Waals surface area contributed by atoms with Crippen molar-refractivity contribution in [3.05, 3.63) is 48.3 Å². The first-order chi connectivity index (χ1) is 9.31. The summed E-state index contributed by atoms with van der Waals surface area (Å²) < 4.78 is 1.85. The average molecular weight is 257 g/mol. The highest BCUT2D eigenvalue weighted by molar-refractivity contribution is 5.33. The topological polar surface area (TPSA) is 50.1 Å². The molecule has 1 fully saturated rings. The Kier molecular flexibility index (Phi) is 3.62. The maximum absolute atomic E-state index is 9.22. The van der Waals surface area contributed by atoms with E-state index in [0.717, 1.165) is 31.6 Å². The average Bonchev–Trinajstić information content (AvgIpc) is 2.91. The summed E-state index contributed by atoms with van der Waals surface area (Å²) in [6, 6.07) is 10.3. The smallest absolute Gasteiger partial charge is 0.0645 e. The molecule has 4 nitrogen and oxygen atoms in total. The number of nitrogens with one attached hydrogen (secondary N) is 1. The van der Waals surface area contributed by atoms with Crippen LogP contribution >= 0.6 is 0 Å². The zero-order chi connectivity index (χ0) is 13.1. The van der Waals surface area contributed by atoms with Crippen LogP contribution in [0.1, 0.15) is 18.4 Å². The molecule has 0 unspecified atom stereocenters.